The van der Waals surface area contributed by atoms with Crippen molar-refractivity contribution in [2.45, 2.75) is 12.8 Å². The first kappa shape index (κ1) is 19.8. The fourth-order valence-corrected chi connectivity index (χ4v) is 4.06. The Morgan fingerprint density at radius 1 is 1.21 bits per heavy atom. The number of rotatable bonds is 6. The number of nitrogens with one attached hydrogen (secondary N) is 1. The smallest absolute Gasteiger partial charge is 0.141 e. The number of nitrogens with zero attached hydrogens (tertiary/aromatic N) is 2. The van der Waals surface area contributed by atoms with Crippen LogP contribution >= 0.6 is 11.6 Å². The van der Waals surface area contributed by atoms with Crippen LogP contribution in [-0.2, 0) is 0 Å². The van der Waals surface area contributed by atoms with Crippen molar-refractivity contribution in [3.8, 4) is 22.8 Å². The summed E-state index contributed by atoms with van der Waals surface area (Å²) in [7, 11) is 3.19. The number of halogens is 1. The number of benzene rings is 1. The van der Waals surface area contributed by atoms with Gasteiger partial charge in [-0.15, -0.1) is 0 Å². The SMILES string of the molecule is COc1cc(OC)c(-c2cn3ccc(C4=C(CCO)CNCC4)cc3n2)cc1Cl. The van der Waals surface area contributed by atoms with Crippen molar-refractivity contribution in [3.63, 3.8) is 0 Å². The zero-order chi connectivity index (χ0) is 20.4. The minimum Gasteiger partial charge on any atom is -0.496 e. The second-order valence-electron chi connectivity index (χ2n) is 6.98. The molecular formula is C22H24ClN3O3. The van der Waals surface area contributed by atoms with E-state index in [9.17, 15) is 5.11 Å². The molecule has 0 saturated carbocycles. The number of methoxy groups -OCH3 is 2. The van der Waals surface area contributed by atoms with Gasteiger partial charge in [-0.3, -0.25) is 0 Å². The monoisotopic (exact) mass is 413 g/mol. The second kappa shape index (κ2) is 8.45. The third kappa shape index (κ3) is 3.83. The molecule has 1 aromatic carbocycles. The molecule has 2 N–H and O–H groups in total. The third-order valence-corrected chi connectivity index (χ3v) is 5.58. The molecule has 3 heterocycles. The molecule has 0 radical (unpaired) electrons. The lowest BCUT2D eigenvalue weighted by molar-refractivity contribution is 0.297. The molecule has 0 saturated heterocycles. The largest absolute Gasteiger partial charge is 0.496 e. The van der Waals surface area contributed by atoms with Gasteiger partial charge < -0.3 is 24.3 Å². The summed E-state index contributed by atoms with van der Waals surface area (Å²) in [6, 6.07) is 7.79. The number of aliphatic hydroxyl groups excluding tert-OH is 1. The molecule has 1 aliphatic rings. The molecule has 29 heavy (non-hydrogen) atoms. The van der Waals surface area contributed by atoms with Crippen molar-refractivity contribution >= 4 is 22.8 Å². The van der Waals surface area contributed by atoms with Gasteiger partial charge in [-0.1, -0.05) is 17.2 Å². The Kier molecular flexibility index (Phi) is 5.76. The average molecular weight is 414 g/mol. The van der Waals surface area contributed by atoms with Crippen LogP contribution in [0.2, 0.25) is 5.02 Å². The third-order valence-electron chi connectivity index (χ3n) is 5.29. The molecule has 0 amide bonds. The molecule has 0 spiro atoms. The molecule has 0 atom stereocenters. The fraction of sp³-hybridized carbons (Fsp3) is 0.318. The number of imidazole rings is 1. The van der Waals surface area contributed by atoms with E-state index >= 15 is 0 Å². The van der Waals surface area contributed by atoms with Gasteiger partial charge in [-0.2, -0.15) is 0 Å². The fourth-order valence-electron chi connectivity index (χ4n) is 3.82. The van der Waals surface area contributed by atoms with Gasteiger partial charge in [0.15, 0.2) is 0 Å². The number of fused-ring (bicyclic) bond motifs is 1. The summed E-state index contributed by atoms with van der Waals surface area (Å²) >= 11 is 6.33. The average Bonchev–Trinajstić information content (AvgIpc) is 3.17. The van der Waals surface area contributed by atoms with Crippen LogP contribution in [0.1, 0.15) is 18.4 Å². The van der Waals surface area contributed by atoms with Gasteiger partial charge in [0.25, 0.3) is 0 Å². The van der Waals surface area contributed by atoms with Gasteiger partial charge in [0.2, 0.25) is 0 Å². The standard InChI is InChI=1S/C22H24ClN3O3/c1-28-20-11-21(29-2)18(23)10-17(20)19-13-26-7-4-14(9-22(26)25-19)16-3-6-24-12-15(16)5-8-27/h4,7,9-11,13,24,27H,3,5-6,8,12H2,1-2H3. The van der Waals surface area contributed by atoms with Crippen molar-refractivity contribution in [2.24, 2.45) is 0 Å². The molecule has 2 aromatic heterocycles. The van der Waals surface area contributed by atoms with E-state index in [1.54, 1.807) is 20.3 Å². The lowest BCUT2D eigenvalue weighted by atomic mass is 9.93. The molecule has 0 fully saturated rings. The topological polar surface area (TPSA) is 68.0 Å². The van der Waals surface area contributed by atoms with Crippen molar-refractivity contribution in [1.82, 2.24) is 14.7 Å². The van der Waals surface area contributed by atoms with Gasteiger partial charge in [-0.05, 0) is 48.7 Å². The Morgan fingerprint density at radius 3 is 2.79 bits per heavy atom. The summed E-state index contributed by atoms with van der Waals surface area (Å²) in [5, 5.41) is 13.3. The van der Waals surface area contributed by atoms with E-state index in [1.807, 2.05) is 22.9 Å². The van der Waals surface area contributed by atoms with Crippen molar-refractivity contribution in [2.75, 3.05) is 33.9 Å². The summed E-state index contributed by atoms with van der Waals surface area (Å²) in [5.74, 6) is 1.22. The Balaban J connectivity index is 1.78. The molecule has 7 heteroatoms. The molecule has 3 aromatic rings. The first-order chi connectivity index (χ1) is 14.1. The van der Waals surface area contributed by atoms with Crippen LogP contribution in [0, 0.1) is 0 Å². The predicted octanol–water partition coefficient (Wildman–Crippen LogP) is 3.80. The Morgan fingerprint density at radius 2 is 2.03 bits per heavy atom. The number of aromatic nitrogens is 2. The van der Waals surface area contributed by atoms with Crippen LogP contribution in [0.4, 0.5) is 0 Å². The quantitative estimate of drug-likeness (QED) is 0.643. The summed E-state index contributed by atoms with van der Waals surface area (Å²) < 4.78 is 12.8. The number of hydrogen-bond donors (Lipinski definition) is 2. The minimum atomic E-state index is 0.161. The van der Waals surface area contributed by atoms with Crippen molar-refractivity contribution in [3.05, 3.63) is 52.8 Å². The molecule has 152 valence electrons. The normalized spacial score (nSPS) is 14.5. The van der Waals surface area contributed by atoms with E-state index in [1.165, 1.54) is 11.1 Å². The summed E-state index contributed by atoms with van der Waals surface area (Å²) in [6.45, 7) is 1.92. The number of ether oxygens (including phenoxy) is 2. The highest BCUT2D eigenvalue weighted by Gasteiger charge is 2.17. The molecule has 4 rings (SSSR count). The second-order valence-corrected chi connectivity index (χ2v) is 7.38. The van der Waals surface area contributed by atoms with Crippen LogP contribution in [-0.4, -0.2) is 48.4 Å². The maximum absolute atomic E-state index is 9.38. The highest BCUT2D eigenvalue weighted by Crippen LogP contribution is 2.38. The van der Waals surface area contributed by atoms with Gasteiger partial charge >= 0.3 is 0 Å². The maximum Gasteiger partial charge on any atom is 0.141 e. The summed E-state index contributed by atoms with van der Waals surface area (Å²) in [5.41, 5.74) is 6.15. The van der Waals surface area contributed by atoms with Crippen LogP contribution < -0.4 is 14.8 Å². The minimum absolute atomic E-state index is 0.161. The molecule has 0 unspecified atom stereocenters. The van der Waals surface area contributed by atoms with Gasteiger partial charge in [0.1, 0.15) is 17.1 Å². The van der Waals surface area contributed by atoms with E-state index < -0.39 is 0 Å². The number of hydrogen-bond acceptors (Lipinski definition) is 5. The van der Waals surface area contributed by atoms with Crippen molar-refractivity contribution in [1.29, 1.82) is 0 Å². The molecule has 0 aliphatic carbocycles. The summed E-state index contributed by atoms with van der Waals surface area (Å²) in [6.07, 6.45) is 5.62. The Bertz CT molecular complexity index is 1070. The molecule has 6 nitrogen and oxygen atoms in total. The lowest BCUT2D eigenvalue weighted by Gasteiger charge is -2.21. The highest BCUT2D eigenvalue weighted by molar-refractivity contribution is 6.32. The Labute approximate surface area is 174 Å². The van der Waals surface area contributed by atoms with Gasteiger partial charge in [0.05, 0.1) is 24.9 Å². The van der Waals surface area contributed by atoms with E-state index in [-0.39, 0.29) is 6.61 Å². The van der Waals surface area contributed by atoms with Crippen LogP contribution in [0.15, 0.2) is 42.2 Å². The summed E-state index contributed by atoms with van der Waals surface area (Å²) in [4.78, 5) is 4.81. The van der Waals surface area contributed by atoms with Gasteiger partial charge in [0, 0.05) is 37.2 Å². The van der Waals surface area contributed by atoms with Crippen LogP contribution in [0.25, 0.3) is 22.5 Å². The van der Waals surface area contributed by atoms with Crippen LogP contribution in [0.3, 0.4) is 0 Å². The van der Waals surface area contributed by atoms with E-state index in [0.29, 0.717) is 22.9 Å². The van der Waals surface area contributed by atoms with E-state index in [4.69, 9.17) is 26.1 Å². The first-order valence-corrected chi connectivity index (χ1v) is 9.96. The number of pyridine rings is 1. The zero-order valence-electron chi connectivity index (χ0n) is 16.5. The van der Waals surface area contributed by atoms with Gasteiger partial charge in [-0.25, -0.2) is 4.98 Å². The lowest BCUT2D eigenvalue weighted by Crippen LogP contribution is -2.25. The van der Waals surface area contributed by atoms with E-state index in [0.717, 1.165) is 42.0 Å². The molecule has 0 bridgehead atoms. The molecular weight excluding hydrogens is 390 g/mol. The van der Waals surface area contributed by atoms with Crippen LogP contribution in [0.5, 0.6) is 11.5 Å². The number of aliphatic hydroxyl groups is 1. The Hall–Kier alpha value is -2.54. The predicted molar refractivity (Wildman–Crippen MR) is 115 cm³/mol. The maximum atomic E-state index is 9.38. The zero-order valence-corrected chi connectivity index (χ0v) is 17.3. The van der Waals surface area contributed by atoms with Crippen molar-refractivity contribution < 1.29 is 14.6 Å². The van der Waals surface area contributed by atoms with E-state index in [2.05, 4.69) is 17.4 Å². The highest BCUT2D eigenvalue weighted by atomic mass is 35.5. The first-order valence-electron chi connectivity index (χ1n) is 9.58. The molecule has 1 aliphatic heterocycles.